The number of likely N-dealkylation sites (tertiary alicyclic amines) is 1. The number of anilines is 3. The first-order valence-corrected chi connectivity index (χ1v) is 14.9. The highest BCUT2D eigenvalue weighted by Crippen LogP contribution is 2.32. The molecule has 1 aliphatic heterocycles. The van der Waals surface area contributed by atoms with E-state index in [0.717, 1.165) is 68.0 Å². The van der Waals surface area contributed by atoms with Crippen molar-refractivity contribution in [1.82, 2.24) is 19.9 Å². The third kappa shape index (κ3) is 7.90. The quantitative estimate of drug-likeness (QED) is 0.188. The first-order valence-electron chi connectivity index (χ1n) is 14.9. The summed E-state index contributed by atoms with van der Waals surface area (Å²) in [6, 6.07) is 19.6. The van der Waals surface area contributed by atoms with E-state index in [1.165, 1.54) is 12.1 Å². The van der Waals surface area contributed by atoms with Crippen molar-refractivity contribution in [2.45, 2.75) is 51.9 Å². The molecule has 9 heteroatoms. The lowest BCUT2D eigenvalue weighted by atomic mass is 10.0. The molecular weight excluding hydrogens is 549 g/mol. The van der Waals surface area contributed by atoms with Gasteiger partial charge in [0.15, 0.2) is 0 Å². The smallest absolute Gasteiger partial charge is 0.345 e. The van der Waals surface area contributed by atoms with Gasteiger partial charge in [0.1, 0.15) is 0 Å². The Morgan fingerprint density at radius 1 is 0.907 bits per heavy atom. The number of piperidine rings is 1. The predicted octanol–water partition coefficient (Wildman–Crippen LogP) is 7.84. The van der Waals surface area contributed by atoms with Gasteiger partial charge in [0.2, 0.25) is 5.95 Å². The SMILES string of the molecule is CC(C)CCN1CCCC(N(Cc2ccc(N(C)c3ccncc3)cc2)c2nccc(-c3ccc(C(F)(F)F)cc3)n2)C1. The summed E-state index contributed by atoms with van der Waals surface area (Å²) in [6.07, 6.45) is 4.16. The number of benzene rings is 2. The summed E-state index contributed by atoms with van der Waals surface area (Å²) < 4.78 is 39.4. The van der Waals surface area contributed by atoms with E-state index in [4.69, 9.17) is 4.98 Å². The fraction of sp³-hybridized carbons (Fsp3) is 0.382. The summed E-state index contributed by atoms with van der Waals surface area (Å²) in [4.78, 5) is 20.6. The highest BCUT2D eigenvalue weighted by Gasteiger charge is 2.30. The maximum absolute atomic E-state index is 13.1. The molecule has 5 rings (SSSR count). The minimum atomic E-state index is -4.38. The van der Waals surface area contributed by atoms with Crippen LogP contribution in [0.5, 0.6) is 0 Å². The number of pyridine rings is 1. The van der Waals surface area contributed by atoms with E-state index < -0.39 is 11.7 Å². The molecule has 1 fully saturated rings. The first kappa shape index (κ1) is 30.5. The maximum Gasteiger partial charge on any atom is 0.416 e. The highest BCUT2D eigenvalue weighted by molar-refractivity contribution is 5.63. The zero-order chi connectivity index (χ0) is 30.4. The van der Waals surface area contributed by atoms with Gasteiger partial charge in [0.05, 0.1) is 11.3 Å². The molecule has 0 aliphatic carbocycles. The van der Waals surface area contributed by atoms with Crippen molar-refractivity contribution in [1.29, 1.82) is 0 Å². The standard InChI is InChI=1S/C34H39F3N6/c1-25(2)17-22-42-21-4-5-31(24-42)43(23-26-6-12-29(13-7-26)41(3)30-14-18-38-19-15-30)33-39-20-16-32(40-33)27-8-10-28(11-9-27)34(35,36)37/h6-16,18-20,25,31H,4-5,17,21-24H2,1-3H3. The number of alkyl halides is 3. The number of halogens is 3. The number of nitrogens with zero attached hydrogens (tertiary/aromatic N) is 6. The Kier molecular flexibility index (Phi) is 9.60. The van der Waals surface area contributed by atoms with Crippen molar-refractivity contribution >= 4 is 17.3 Å². The van der Waals surface area contributed by atoms with Crippen molar-refractivity contribution in [2.24, 2.45) is 5.92 Å². The summed E-state index contributed by atoms with van der Waals surface area (Å²) in [6.45, 7) is 8.19. The van der Waals surface area contributed by atoms with Crippen LogP contribution in [-0.2, 0) is 12.7 Å². The second kappa shape index (κ2) is 13.5. The molecule has 0 bridgehead atoms. The van der Waals surface area contributed by atoms with Gasteiger partial charge in [0.25, 0.3) is 0 Å². The van der Waals surface area contributed by atoms with Crippen LogP contribution in [0, 0.1) is 5.92 Å². The molecule has 1 saturated heterocycles. The molecule has 1 atom stereocenters. The van der Waals surface area contributed by atoms with Gasteiger partial charge in [0, 0.05) is 61.7 Å². The third-order valence-corrected chi connectivity index (χ3v) is 8.08. The number of hydrogen-bond donors (Lipinski definition) is 0. The minimum Gasteiger partial charge on any atom is -0.345 e. The van der Waals surface area contributed by atoms with Gasteiger partial charge in [-0.05, 0) is 86.3 Å². The molecule has 0 saturated carbocycles. The number of hydrogen-bond acceptors (Lipinski definition) is 6. The van der Waals surface area contributed by atoms with Crippen LogP contribution in [0.2, 0.25) is 0 Å². The molecular formula is C34H39F3N6. The average Bonchev–Trinajstić information content (AvgIpc) is 3.03. The average molecular weight is 589 g/mol. The summed E-state index contributed by atoms with van der Waals surface area (Å²) >= 11 is 0. The molecule has 226 valence electrons. The predicted molar refractivity (Wildman–Crippen MR) is 166 cm³/mol. The van der Waals surface area contributed by atoms with Crippen molar-refractivity contribution in [3.05, 3.63) is 96.4 Å². The van der Waals surface area contributed by atoms with E-state index in [1.807, 2.05) is 19.2 Å². The highest BCUT2D eigenvalue weighted by atomic mass is 19.4. The van der Waals surface area contributed by atoms with Crippen LogP contribution in [0.15, 0.2) is 85.3 Å². The van der Waals surface area contributed by atoms with Gasteiger partial charge in [-0.15, -0.1) is 0 Å². The zero-order valence-electron chi connectivity index (χ0n) is 25.0. The Bertz CT molecular complexity index is 1440. The fourth-order valence-corrected chi connectivity index (χ4v) is 5.51. The Morgan fingerprint density at radius 3 is 2.28 bits per heavy atom. The van der Waals surface area contributed by atoms with Crippen molar-refractivity contribution < 1.29 is 13.2 Å². The minimum absolute atomic E-state index is 0.211. The lowest BCUT2D eigenvalue weighted by molar-refractivity contribution is -0.137. The van der Waals surface area contributed by atoms with E-state index in [1.54, 1.807) is 24.7 Å². The van der Waals surface area contributed by atoms with Crippen molar-refractivity contribution in [3.8, 4) is 11.3 Å². The Balaban J connectivity index is 1.41. The summed E-state index contributed by atoms with van der Waals surface area (Å²) in [5.74, 6) is 1.23. The molecule has 0 amide bonds. The Hall–Kier alpha value is -3.98. The molecule has 3 heterocycles. The van der Waals surface area contributed by atoms with Gasteiger partial charge in [-0.25, -0.2) is 9.97 Å². The largest absolute Gasteiger partial charge is 0.416 e. The molecule has 2 aromatic heterocycles. The van der Waals surface area contributed by atoms with Crippen LogP contribution in [0.4, 0.5) is 30.5 Å². The normalized spacial score (nSPS) is 15.9. The number of aromatic nitrogens is 3. The second-order valence-electron chi connectivity index (χ2n) is 11.7. The van der Waals surface area contributed by atoms with Crippen LogP contribution in [0.25, 0.3) is 11.3 Å². The summed E-state index contributed by atoms with van der Waals surface area (Å²) in [7, 11) is 2.03. The molecule has 4 aromatic rings. The van der Waals surface area contributed by atoms with Gasteiger partial charge >= 0.3 is 6.18 Å². The Morgan fingerprint density at radius 2 is 1.60 bits per heavy atom. The monoisotopic (exact) mass is 588 g/mol. The molecule has 0 radical (unpaired) electrons. The van der Waals surface area contributed by atoms with Crippen LogP contribution in [0.3, 0.4) is 0 Å². The summed E-state index contributed by atoms with van der Waals surface area (Å²) in [5.41, 5.74) is 3.82. The van der Waals surface area contributed by atoms with Gasteiger partial charge in [-0.2, -0.15) is 13.2 Å². The van der Waals surface area contributed by atoms with Crippen LogP contribution in [-0.4, -0.2) is 52.6 Å². The van der Waals surface area contributed by atoms with E-state index in [2.05, 4.69) is 62.8 Å². The lowest BCUT2D eigenvalue weighted by Gasteiger charge is -2.40. The zero-order valence-corrected chi connectivity index (χ0v) is 25.0. The van der Waals surface area contributed by atoms with Crippen LogP contribution in [0.1, 0.15) is 44.2 Å². The topological polar surface area (TPSA) is 48.4 Å². The van der Waals surface area contributed by atoms with E-state index in [9.17, 15) is 13.2 Å². The molecule has 0 N–H and O–H groups in total. The molecule has 1 aliphatic rings. The number of rotatable bonds is 10. The van der Waals surface area contributed by atoms with Crippen LogP contribution < -0.4 is 9.80 Å². The molecule has 6 nitrogen and oxygen atoms in total. The van der Waals surface area contributed by atoms with Crippen LogP contribution >= 0.6 is 0 Å². The molecule has 0 spiro atoms. The molecule has 1 unspecified atom stereocenters. The maximum atomic E-state index is 13.1. The third-order valence-electron chi connectivity index (χ3n) is 8.08. The van der Waals surface area contributed by atoms with Crippen molar-refractivity contribution in [3.63, 3.8) is 0 Å². The fourth-order valence-electron chi connectivity index (χ4n) is 5.51. The second-order valence-corrected chi connectivity index (χ2v) is 11.7. The van der Waals surface area contributed by atoms with E-state index in [-0.39, 0.29) is 6.04 Å². The summed E-state index contributed by atoms with van der Waals surface area (Å²) in [5, 5.41) is 0. The van der Waals surface area contributed by atoms with E-state index in [0.29, 0.717) is 29.7 Å². The van der Waals surface area contributed by atoms with E-state index >= 15 is 0 Å². The Labute approximate surface area is 252 Å². The van der Waals surface area contributed by atoms with Gasteiger partial charge < -0.3 is 14.7 Å². The van der Waals surface area contributed by atoms with Gasteiger partial charge in [-0.1, -0.05) is 38.1 Å². The first-order chi connectivity index (χ1) is 20.7. The lowest BCUT2D eigenvalue weighted by Crippen LogP contribution is -2.48. The van der Waals surface area contributed by atoms with Gasteiger partial charge in [-0.3, -0.25) is 4.98 Å². The molecule has 43 heavy (non-hydrogen) atoms. The van der Waals surface area contributed by atoms with Crippen molar-refractivity contribution in [2.75, 3.05) is 36.5 Å². The molecule has 2 aromatic carbocycles.